The van der Waals surface area contributed by atoms with Crippen molar-refractivity contribution in [2.24, 2.45) is 5.10 Å². The second kappa shape index (κ2) is 9.69. The van der Waals surface area contributed by atoms with E-state index in [0.717, 1.165) is 65.8 Å². The third kappa shape index (κ3) is 4.33. The second-order valence-electron chi connectivity index (χ2n) is 10.0. The van der Waals surface area contributed by atoms with E-state index in [-0.39, 0.29) is 11.0 Å². The van der Waals surface area contributed by atoms with E-state index >= 15 is 0 Å². The molecule has 4 aromatic rings. The minimum Gasteiger partial charge on any atom is -0.497 e. The molecule has 1 aromatic heterocycles. The van der Waals surface area contributed by atoms with Crippen LogP contribution in [-0.2, 0) is 18.4 Å². The molecule has 1 fully saturated rings. The molecule has 0 radical (unpaired) electrons. The third-order valence-electron chi connectivity index (χ3n) is 7.74. The van der Waals surface area contributed by atoms with Gasteiger partial charge in [0, 0.05) is 11.0 Å². The maximum atomic E-state index is 14.3. The van der Waals surface area contributed by atoms with Gasteiger partial charge in [-0.05, 0) is 60.2 Å². The maximum Gasteiger partial charge on any atom is 0.259 e. The molecule has 2 aliphatic carbocycles. The molecule has 3 aromatic carbocycles. The minimum atomic E-state index is -0.142. The first-order valence-corrected chi connectivity index (χ1v) is 12.9. The van der Waals surface area contributed by atoms with Crippen LogP contribution in [0.2, 0.25) is 0 Å². The van der Waals surface area contributed by atoms with Crippen LogP contribution in [0.1, 0.15) is 47.9 Å². The first kappa shape index (κ1) is 23.2. The number of nitrogens with one attached hydrogen (secondary N) is 1. The second-order valence-corrected chi connectivity index (χ2v) is 10.0. The van der Waals surface area contributed by atoms with Gasteiger partial charge in [-0.25, -0.2) is 10.4 Å². The third-order valence-corrected chi connectivity index (χ3v) is 7.74. The minimum absolute atomic E-state index is 0.0346. The number of ether oxygens (including phenoxy) is 1. The van der Waals surface area contributed by atoms with E-state index in [0.29, 0.717) is 12.5 Å². The van der Waals surface area contributed by atoms with Crippen LogP contribution in [0, 0.1) is 0 Å². The maximum absolute atomic E-state index is 14.3. The van der Waals surface area contributed by atoms with Crippen LogP contribution < -0.4 is 15.7 Å². The number of nitrogens with zero attached hydrogens (tertiary/aromatic N) is 3. The molecule has 0 saturated heterocycles. The van der Waals surface area contributed by atoms with Crippen molar-refractivity contribution in [1.82, 2.24) is 9.55 Å². The van der Waals surface area contributed by atoms with Gasteiger partial charge in [-0.1, -0.05) is 67.4 Å². The van der Waals surface area contributed by atoms with Crippen molar-refractivity contribution in [3.8, 4) is 17.0 Å². The molecule has 1 saturated carbocycles. The summed E-state index contributed by atoms with van der Waals surface area (Å²) in [7, 11) is 1.65. The molecular formula is C31H30N4O2. The Hall–Kier alpha value is -4.19. The van der Waals surface area contributed by atoms with E-state index in [1.807, 2.05) is 60.7 Å². The van der Waals surface area contributed by atoms with Crippen LogP contribution in [0.4, 0.5) is 5.95 Å². The number of aromatic nitrogens is 2. The highest BCUT2D eigenvalue weighted by Gasteiger charge is 2.44. The molecule has 0 amide bonds. The first-order chi connectivity index (χ1) is 18.2. The summed E-state index contributed by atoms with van der Waals surface area (Å²) in [5, 5.41) is 4.47. The van der Waals surface area contributed by atoms with Gasteiger partial charge >= 0.3 is 0 Å². The number of rotatable bonds is 6. The lowest BCUT2D eigenvalue weighted by Crippen LogP contribution is -2.40. The Labute approximate surface area is 216 Å². The lowest BCUT2D eigenvalue weighted by molar-refractivity contribution is 0.415. The lowest BCUT2D eigenvalue weighted by atomic mass is 9.68. The number of hydrogen-bond acceptors (Lipinski definition) is 5. The van der Waals surface area contributed by atoms with Crippen molar-refractivity contribution in [2.75, 3.05) is 12.5 Å². The van der Waals surface area contributed by atoms with Gasteiger partial charge in [0.2, 0.25) is 5.95 Å². The van der Waals surface area contributed by atoms with Crippen LogP contribution in [0.3, 0.4) is 0 Å². The van der Waals surface area contributed by atoms with Gasteiger partial charge in [0.25, 0.3) is 5.56 Å². The Balaban J connectivity index is 1.47. The molecule has 6 rings (SSSR count). The van der Waals surface area contributed by atoms with Gasteiger partial charge in [0.1, 0.15) is 5.75 Å². The number of benzene rings is 3. The Morgan fingerprint density at radius 3 is 2.49 bits per heavy atom. The number of fused-ring (bicyclic) bond motifs is 4. The van der Waals surface area contributed by atoms with Gasteiger partial charge in [0.05, 0.1) is 31.1 Å². The molecule has 6 nitrogen and oxygen atoms in total. The topological polar surface area (TPSA) is 68.5 Å². The van der Waals surface area contributed by atoms with Crippen LogP contribution in [0.25, 0.3) is 11.3 Å². The van der Waals surface area contributed by atoms with E-state index in [9.17, 15) is 4.79 Å². The molecule has 1 spiro atoms. The highest BCUT2D eigenvalue weighted by molar-refractivity contribution is 5.80. The van der Waals surface area contributed by atoms with Crippen molar-refractivity contribution in [2.45, 2.75) is 44.1 Å². The zero-order chi connectivity index (χ0) is 25.2. The first-order valence-electron chi connectivity index (χ1n) is 12.9. The SMILES string of the molecule is COc1ccc(C=NNc2nc3c(c(=O)n2Cc2ccccc2)C2(CCCC2)Cc2ccccc2-3)cc1. The van der Waals surface area contributed by atoms with Crippen LogP contribution in [-0.4, -0.2) is 22.9 Å². The van der Waals surface area contributed by atoms with Gasteiger partial charge in [-0.15, -0.1) is 0 Å². The molecule has 0 unspecified atom stereocenters. The highest BCUT2D eigenvalue weighted by Crippen LogP contribution is 2.49. The fourth-order valence-electron chi connectivity index (χ4n) is 5.92. The van der Waals surface area contributed by atoms with Crippen LogP contribution in [0.15, 0.2) is 88.8 Å². The average molecular weight is 491 g/mol. The average Bonchev–Trinajstić information content (AvgIpc) is 3.39. The summed E-state index contributed by atoms with van der Waals surface area (Å²) in [4.78, 5) is 19.4. The Bertz CT molecular complexity index is 1500. The van der Waals surface area contributed by atoms with E-state index < -0.39 is 0 Å². The monoisotopic (exact) mass is 490 g/mol. The van der Waals surface area contributed by atoms with Gasteiger partial charge in [0.15, 0.2) is 0 Å². The molecular weight excluding hydrogens is 460 g/mol. The zero-order valence-electron chi connectivity index (χ0n) is 21.0. The Kier molecular flexibility index (Phi) is 6.08. The Morgan fingerprint density at radius 1 is 1.00 bits per heavy atom. The quantitative estimate of drug-likeness (QED) is 0.275. The van der Waals surface area contributed by atoms with E-state index in [1.54, 1.807) is 17.9 Å². The van der Waals surface area contributed by atoms with Gasteiger partial charge < -0.3 is 4.74 Å². The lowest BCUT2D eigenvalue weighted by Gasteiger charge is -2.36. The van der Waals surface area contributed by atoms with Crippen molar-refractivity contribution in [3.05, 3.63) is 111 Å². The standard InChI is InChI=1S/C31H30N4O2/c1-37-25-15-13-22(14-16-25)20-32-34-30-33-28-26-12-6-5-11-24(26)19-31(17-7-8-18-31)27(28)29(36)35(30)21-23-9-3-2-4-10-23/h2-6,9-16,20H,7-8,17-19,21H2,1H3,(H,33,34). The zero-order valence-corrected chi connectivity index (χ0v) is 21.0. The molecule has 0 atom stereocenters. The summed E-state index contributed by atoms with van der Waals surface area (Å²) in [6.45, 7) is 0.429. The smallest absolute Gasteiger partial charge is 0.259 e. The molecule has 6 heteroatoms. The van der Waals surface area contributed by atoms with Crippen molar-refractivity contribution >= 4 is 12.2 Å². The van der Waals surface area contributed by atoms with Gasteiger partial charge in [-0.2, -0.15) is 5.10 Å². The number of methoxy groups -OCH3 is 1. The highest BCUT2D eigenvalue weighted by atomic mass is 16.5. The van der Waals surface area contributed by atoms with Crippen molar-refractivity contribution in [1.29, 1.82) is 0 Å². The molecule has 37 heavy (non-hydrogen) atoms. The molecule has 186 valence electrons. The van der Waals surface area contributed by atoms with Gasteiger partial charge in [-0.3, -0.25) is 9.36 Å². The summed E-state index contributed by atoms with van der Waals surface area (Å²) >= 11 is 0. The number of anilines is 1. The Morgan fingerprint density at radius 2 is 1.73 bits per heavy atom. The summed E-state index contributed by atoms with van der Waals surface area (Å²) in [6.07, 6.45) is 6.97. The van der Waals surface area contributed by atoms with Crippen LogP contribution >= 0.6 is 0 Å². The normalized spacial score (nSPS) is 15.5. The fraction of sp³-hybridized carbons (Fsp3) is 0.258. The van der Waals surface area contributed by atoms with Crippen LogP contribution in [0.5, 0.6) is 5.75 Å². The summed E-state index contributed by atoms with van der Waals surface area (Å²) in [5.41, 5.74) is 8.97. The van der Waals surface area contributed by atoms with Crippen molar-refractivity contribution < 1.29 is 4.74 Å². The molecule has 0 aliphatic heterocycles. The molecule has 0 bridgehead atoms. The van der Waals surface area contributed by atoms with Crippen molar-refractivity contribution in [3.63, 3.8) is 0 Å². The summed E-state index contributed by atoms with van der Waals surface area (Å²) < 4.78 is 7.00. The largest absolute Gasteiger partial charge is 0.497 e. The van der Waals surface area contributed by atoms with E-state index in [2.05, 4.69) is 28.7 Å². The predicted octanol–water partition coefficient (Wildman–Crippen LogP) is 5.78. The molecule has 2 aliphatic rings. The molecule has 1 heterocycles. The molecule has 1 N–H and O–H groups in total. The summed E-state index contributed by atoms with van der Waals surface area (Å²) in [6, 6.07) is 26.1. The van der Waals surface area contributed by atoms with E-state index in [1.165, 1.54) is 5.56 Å². The number of hydrogen-bond donors (Lipinski definition) is 1. The van der Waals surface area contributed by atoms with E-state index in [4.69, 9.17) is 9.72 Å². The predicted molar refractivity (Wildman–Crippen MR) is 148 cm³/mol. The number of hydrazone groups is 1. The summed E-state index contributed by atoms with van der Waals surface area (Å²) in [5.74, 6) is 1.24. The fourth-order valence-corrected chi connectivity index (χ4v) is 5.92.